The lowest BCUT2D eigenvalue weighted by Crippen LogP contribution is -2.16. The quantitative estimate of drug-likeness (QED) is 0.531. The van der Waals surface area contributed by atoms with E-state index in [1.807, 2.05) is 6.92 Å². The van der Waals surface area contributed by atoms with Gasteiger partial charge in [0, 0.05) is 12.7 Å². The van der Waals surface area contributed by atoms with E-state index < -0.39 is 0 Å². The number of nitrogen functional groups attached to an aromatic ring is 1. The maximum absolute atomic E-state index is 11.7. The summed E-state index contributed by atoms with van der Waals surface area (Å²) in [6.45, 7) is 3.98. The van der Waals surface area contributed by atoms with Crippen LogP contribution < -0.4 is 15.8 Å². The molecule has 0 aliphatic rings. The van der Waals surface area contributed by atoms with Crippen molar-refractivity contribution >= 4 is 17.3 Å². The molecule has 6 heteroatoms. The summed E-state index contributed by atoms with van der Waals surface area (Å²) < 4.78 is 15.4. The number of hydrogen-bond donors (Lipinski definition) is 2. The van der Waals surface area contributed by atoms with Crippen LogP contribution in [0.25, 0.3) is 0 Å². The maximum Gasteiger partial charge on any atom is 0.226 e. The van der Waals surface area contributed by atoms with Gasteiger partial charge in [-0.3, -0.25) is 4.79 Å². The molecular weight excluding hydrogens is 260 g/mol. The first kappa shape index (κ1) is 16.3. The Hall–Kier alpha value is -1.79. The highest BCUT2D eigenvalue weighted by molar-refractivity contribution is 5.94. The number of methoxy groups -OCH3 is 1. The van der Waals surface area contributed by atoms with Crippen LogP contribution in [0, 0.1) is 0 Å². The van der Waals surface area contributed by atoms with Crippen molar-refractivity contribution in [3.8, 4) is 5.75 Å². The Labute approximate surface area is 119 Å². The summed E-state index contributed by atoms with van der Waals surface area (Å²) in [4.78, 5) is 11.7. The van der Waals surface area contributed by atoms with Crippen molar-refractivity contribution in [2.24, 2.45) is 0 Å². The van der Waals surface area contributed by atoms with Crippen LogP contribution in [-0.4, -0.2) is 39.4 Å². The lowest BCUT2D eigenvalue weighted by molar-refractivity contribution is -0.117. The topological polar surface area (TPSA) is 82.8 Å². The molecule has 0 atom stereocenters. The molecule has 0 unspecified atom stereocenters. The van der Waals surface area contributed by atoms with Crippen LogP contribution >= 0.6 is 0 Å². The second kappa shape index (κ2) is 9.17. The van der Waals surface area contributed by atoms with Gasteiger partial charge in [0.2, 0.25) is 5.91 Å². The standard InChI is InChI=1S/C14H22N2O4/c1-3-19-8-9-20-7-6-14(17)16-13-5-4-11(18-2)10-12(13)15/h4-5,10H,3,6-9,15H2,1-2H3,(H,16,17). The van der Waals surface area contributed by atoms with Crippen LogP contribution in [0.3, 0.4) is 0 Å². The number of anilines is 2. The summed E-state index contributed by atoms with van der Waals surface area (Å²) in [5.41, 5.74) is 6.85. The fourth-order valence-corrected chi connectivity index (χ4v) is 1.52. The molecule has 0 fully saturated rings. The Bertz CT molecular complexity index is 424. The lowest BCUT2D eigenvalue weighted by atomic mass is 10.2. The number of benzene rings is 1. The number of carbonyl (C=O) groups excluding carboxylic acids is 1. The molecule has 20 heavy (non-hydrogen) atoms. The van der Waals surface area contributed by atoms with Crippen LogP contribution in [0.4, 0.5) is 11.4 Å². The largest absolute Gasteiger partial charge is 0.497 e. The van der Waals surface area contributed by atoms with Crippen molar-refractivity contribution in [3.63, 3.8) is 0 Å². The Morgan fingerprint density at radius 2 is 2.00 bits per heavy atom. The smallest absolute Gasteiger partial charge is 0.226 e. The van der Waals surface area contributed by atoms with Gasteiger partial charge in [-0.15, -0.1) is 0 Å². The first-order valence-electron chi connectivity index (χ1n) is 6.56. The van der Waals surface area contributed by atoms with Gasteiger partial charge in [-0.1, -0.05) is 0 Å². The molecule has 0 aliphatic heterocycles. The molecule has 0 heterocycles. The SMILES string of the molecule is CCOCCOCCC(=O)Nc1ccc(OC)cc1N. The summed E-state index contributed by atoms with van der Waals surface area (Å²) in [7, 11) is 1.56. The third-order valence-electron chi connectivity index (χ3n) is 2.58. The van der Waals surface area contributed by atoms with E-state index in [2.05, 4.69) is 5.32 Å². The number of carbonyl (C=O) groups is 1. The fraction of sp³-hybridized carbons (Fsp3) is 0.500. The summed E-state index contributed by atoms with van der Waals surface area (Å²) in [6, 6.07) is 5.11. The molecule has 6 nitrogen and oxygen atoms in total. The van der Waals surface area contributed by atoms with Gasteiger partial charge in [-0.05, 0) is 19.1 Å². The van der Waals surface area contributed by atoms with Gasteiger partial charge >= 0.3 is 0 Å². The molecular formula is C14H22N2O4. The van der Waals surface area contributed by atoms with E-state index in [9.17, 15) is 4.79 Å². The van der Waals surface area contributed by atoms with Crippen LogP contribution in [0.5, 0.6) is 5.75 Å². The van der Waals surface area contributed by atoms with Crippen molar-refractivity contribution in [2.45, 2.75) is 13.3 Å². The molecule has 3 N–H and O–H groups in total. The summed E-state index contributed by atoms with van der Waals surface area (Å²) >= 11 is 0. The van der Waals surface area contributed by atoms with Crippen molar-refractivity contribution in [1.82, 2.24) is 0 Å². The zero-order valence-corrected chi connectivity index (χ0v) is 12.0. The number of hydrogen-bond acceptors (Lipinski definition) is 5. The summed E-state index contributed by atoms with van der Waals surface area (Å²) in [5.74, 6) is 0.512. The molecule has 0 bridgehead atoms. The number of nitrogens with two attached hydrogens (primary N) is 1. The highest BCUT2D eigenvalue weighted by Gasteiger charge is 2.06. The van der Waals surface area contributed by atoms with E-state index in [4.69, 9.17) is 19.9 Å². The zero-order chi connectivity index (χ0) is 14.8. The predicted molar refractivity (Wildman–Crippen MR) is 78.0 cm³/mol. The molecule has 0 aliphatic carbocycles. The molecule has 112 valence electrons. The van der Waals surface area contributed by atoms with Crippen molar-refractivity contribution in [3.05, 3.63) is 18.2 Å². The van der Waals surface area contributed by atoms with Crippen LogP contribution in [0.15, 0.2) is 18.2 Å². The van der Waals surface area contributed by atoms with Crippen molar-refractivity contribution < 1.29 is 19.0 Å². The molecule has 0 saturated carbocycles. The first-order chi connectivity index (χ1) is 9.67. The predicted octanol–water partition coefficient (Wildman–Crippen LogP) is 1.66. The number of nitrogens with one attached hydrogen (secondary N) is 1. The van der Waals surface area contributed by atoms with Gasteiger partial charge in [0.1, 0.15) is 5.75 Å². The second-order valence-corrected chi connectivity index (χ2v) is 4.06. The Balaban J connectivity index is 2.28. The van der Waals surface area contributed by atoms with Crippen molar-refractivity contribution in [2.75, 3.05) is 44.6 Å². The summed E-state index contributed by atoms with van der Waals surface area (Å²) in [5, 5.41) is 2.73. The van der Waals surface area contributed by atoms with Gasteiger partial charge in [0.15, 0.2) is 0 Å². The van der Waals surface area contributed by atoms with Crippen LogP contribution in [0.2, 0.25) is 0 Å². The molecule has 0 aromatic heterocycles. The highest BCUT2D eigenvalue weighted by Crippen LogP contribution is 2.23. The van der Waals surface area contributed by atoms with E-state index in [0.717, 1.165) is 0 Å². The second-order valence-electron chi connectivity index (χ2n) is 4.06. The van der Waals surface area contributed by atoms with Crippen LogP contribution in [0.1, 0.15) is 13.3 Å². The van der Waals surface area contributed by atoms with Gasteiger partial charge in [0.05, 0.1) is 44.7 Å². The third kappa shape index (κ3) is 5.90. The van der Waals surface area contributed by atoms with E-state index in [1.54, 1.807) is 25.3 Å². The lowest BCUT2D eigenvalue weighted by Gasteiger charge is -2.10. The molecule has 1 rings (SSSR count). The average Bonchev–Trinajstić information content (AvgIpc) is 2.45. The first-order valence-corrected chi connectivity index (χ1v) is 6.56. The Morgan fingerprint density at radius 1 is 1.25 bits per heavy atom. The molecule has 1 aromatic carbocycles. The Morgan fingerprint density at radius 3 is 2.65 bits per heavy atom. The van der Waals surface area contributed by atoms with E-state index >= 15 is 0 Å². The zero-order valence-electron chi connectivity index (χ0n) is 12.0. The average molecular weight is 282 g/mol. The van der Waals surface area contributed by atoms with Gasteiger partial charge in [0.25, 0.3) is 0 Å². The van der Waals surface area contributed by atoms with E-state index in [1.165, 1.54) is 0 Å². The number of amides is 1. The monoisotopic (exact) mass is 282 g/mol. The molecule has 0 saturated heterocycles. The number of rotatable bonds is 9. The Kier molecular flexibility index (Phi) is 7.46. The van der Waals surface area contributed by atoms with E-state index in [0.29, 0.717) is 43.6 Å². The van der Waals surface area contributed by atoms with Gasteiger partial charge < -0.3 is 25.3 Å². The van der Waals surface area contributed by atoms with Crippen LogP contribution in [-0.2, 0) is 14.3 Å². The van der Waals surface area contributed by atoms with E-state index in [-0.39, 0.29) is 12.3 Å². The van der Waals surface area contributed by atoms with Gasteiger partial charge in [-0.2, -0.15) is 0 Å². The number of ether oxygens (including phenoxy) is 3. The fourth-order valence-electron chi connectivity index (χ4n) is 1.52. The minimum absolute atomic E-state index is 0.140. The normalized spacial score (nSPS) is 10.3. The molecule has 1 aromatic rings. The maximum atomic E-state index is 11.7. The minimum Gasteiger partial charge on any atom is -0.497 e. The van der Waals surface area contributed by atoms with Gasteiger partial charge in [-0.25, -0.2) is 0 Å². The highest BCUT2D eigenvalue weighted by atomic mass is 16.5. The summed E-state index contributed by atoms with van der Waals surface area (Å²) in [6.07, 6.45) is 0.275. The third-order valence-corrected chi connectivity index (χ3v) is 2.58. The molecule has 0 radical (unpaired) electrons. The minimum atomic E-state index is -0.140. The molecule has 1 amide bonds. The van der Waals surface area contributed by atoms with Crippen molar-refractivity contribution in [1.29, 1.82) is 0 Å². The molecule has 0 spiro atoms.